The predicted octanol–water partition coefficient (Wildman–Crippen LogP) is 1.87. The summed E-state index contributed by atoms with van der Waals surface area (Å²) in [6.07, 6.45) is 5.13. The van der Waals surface area contributed by atoms with E-state index in [1.54, 1.807) is 6.26 Å². The third-order valence-corrected chi connectivity index (χ3v) is 1.16. The highest BCUT2D eigenvalue weighted by Crippen LogP contribution is 2.13. The Bertz CT molecular complexity index is 173. The average molecular weight is 128 g/mol. The normalized spacial score (nSPS) is 9.75. The maximum Gasteiger partial charge on any atom is 0.255 e. The smallest absolute Gasteiger partial charge is 0.255 e. The quantitative estimate of drug-likeness (QED) is 0.540. The number of hydrogen-bond acceptors (Lipinski definition) is 3. The second-order valence-corrected chi connectivity index (χ2v) is 2.04. The first-order valence-electron chi connectivity index (χ1n) is 2.17. The number of aryl methyl sites for hydroxylation is 1. The Hall–Kier alpha value is -0.440. The Morgan fingerprint density at radius 2 is 2.62 bits per heavy atom. The Kier molecular flexibility index (Phi) is 1.58. The third-order valence-electron chi connectivity index (χ3n) is 0.721. The van der Waals surface area contributed by atoms with E-state index in [9.17, 15) is 0 Å². The van der Waals surface area contributed by atoms with E-state index >= 15 is 0 Å². The van der Waals surface area contributed by atoms with Crippen LogP contribution in [0.15, 0.2) is 15.9 Å². The van der Waals surface area contributed by atoms with Crippen molar-refractivity contribution in [2.24, 2.45) is 0 Å². The average Bonchev–Trinajstić information content (AvgIpc) is 2.14. The fraction of sp³-hybridized carbons (Fsp3) is 0.200. The monoisotopic (exact) mass is 128 g/mol. The summed E-state index contributed by atoms with van der Waals surface area (Å²) in [6.45, 7) is 1.88. The fourth-order valence-corrected chi connectivity index (χ4v) is 0.723. The maximum atomic E-state index is 4.90. The Labute approximate surface area is 52.3 Å². The van der Waals surface area contributed by atoms with Crippen LogP contribution in [-0.4, -0.2) is 4.98 Å². The molecule has 0 bridgehead atoms. The van der Waals surface area contributed by atoms with Crippen LogP contribution < -0.4 is 0 Å². The second kappa shape index (κ2) is 2.22. The van der Waals surface area contributed by atoms with Crippen LogP contribution in [0.2, 0.25) is 0 Å². The summed E-state index contributed by atoms with van der Waals surface area (Å²) in [4.78, 5) is 3.96. The van der Waals surface area contributed by atoms with E-state index in [1.165, 1.54) is 11.8 Å². The molecule has 1 radical (unpaired) electrons. The van der Waals surface area contributed by atoms with Gasteiger partial charge in [-0.1, -0.05) is 11.8 Å². The predicted molar refractivity (Wildman–Crippen MR) is 32.5 cm³/mol. The highest BCUT2D eigenvalue weighted by Gasteiger charge is 1.94. The molecule has 43 valence electrons. The van der Waals surface area contributed by atoms with Crippen molar-refractivity contribution in [3.63, 3.8) is 0 Å². The van der Waals surface area contributed by atoms with Crippen LogP contribution in [0.5, 0.6) is 0 Å². The van der Waals surface area contributed by atoms with Crippen molar-refractivity contribution >= 4 is 11.8 Å². The third kappa shape index (κ3) is 1.04. The number of nitrogens with zero attached hydrogens (tertiary/aromatic N) is 1. The van der Waals surface area contributed by atoms with E-state index < -0.39 is 0 Å². The van der Waals surface area contributed by atoms with Crippen LogP contribution in [0.4, 0.5) is 0 Å². The van der Waals surface area contributed by atoms with Gasteiger partial charge in [0.15, 0.2) is 0 Å². The van der Waals surface area contributed by atoms with Gasteiger partial charge < -0.3 is 4.42 Å². The number of aromatic nitrogens is 1. The largest absolute Gasteiger partial charge is 0.440 e. The van der Waals surface area contributed by atoms with Crippen LogP contribution in [0.1, 0.15) is 5.69 Å². The van der Waals surface area contributed by atoms with Crippen molar-refractivity contribution in [1.82, 2.24) is 4.98 Å². The molecule has 1 rings (SSSR count). The molecule has 0 aliphatic rings. The van der Waals surface area contributed by atoms with Crippen molar-refractivity contribution in [2.75, 3.05) is 0 Å². The number of thioether (sulfide) groups is 1. The molecule has 1 heterocycles. The molecule has 0 atom stereocenters. The first-order valence-corrected chi connectivity index (χ1v) is 3.15. The van der Waals surface area contributed by atoms with Crippen LogP contribution in [0.25, 0.3) is 0 Å². The SMILES string of the molecule is [CH2]Sc1nc(C)co1. The van der Waals surface area contributed by atoms with E-state index in [0.29, 0.717) is 5.22 Å². The molecule has 2 nitrogen and oxygen atoms in total. The van der Waals surface area contributed by atoms with Gasteiger partial charge in [0, 0.05) is 6.26 Å². The Balaban J connectivity index is 2.84. The molecule has 0 N–H and O–H groups in total. The second-order valence-electron chi connectivity index (χ2n) is 1.40. The van der Waals surface area contributed by atoms with E-state index in [2.05, 4.69) is 11.2 Å². The molecule has 0 saturated carbocycles. The minimum Gasteiger partial charge on any atom is -0.440 e. The van der Waals surface area contributed by atoms with E-state index in [1.807, 2.05) is 6.92 Å². The molecule has 0 aromatic carbocycles. The minimum atomic E-state index is 0.627. The van der Waals surface area contributed by atoms with Gasteiger partial charge in [0.1, 0.15) is 6.26 Å². The van der Waals surface area contributed by atoms with Gasteiger partial charge in [-0.15, -0.1) is 0 Å². The van der Waals surface area contributed by atoms with Gasteiger partial charge in [-0.05, 0) is 6.92 Å². The molecule has 0 fully saturated rings. The molecule has 0 unspecified atom stereocenters. The highest BCUT2D eigenvalue weighted by atomic mass is 32.2. The molecule has 0 aliphatic heterocycles. The maximum absolute atomic E-state index is 4.90. The van der Waals surface area contributed by atoms with Gasteiger partial charge in [-0.25, -0.2) is 4.98 Å². The van der Waals surface area contributed by atoms with Gasteiger partial charge in [0.2, 0.25) is 0 Å². The molecule has 1 aromatic rings. The lowest BCUT2D eigenvalue weighted by Crippen LogP contribution is -1.66. The van der Waals surface area contributed by atoms with Crippen molar-refractivity contribution in [2.45, 2.75) is 12.1 Å². The summed E-state index contributed by atoms with van der Waals surface area (Å²) < 4.78 is 4.90. The van der Waals surface area contributed by atoms with Crippen molar-refractivity contribution in [1.29, 1.82) is 0 Å². The van der Waals surface area contributed by atoms with Crippen molar-refractivity contribution < 1.29 is 4.42 Å². The standard InChI is InChI=1S/C5H6NOS/c1-4-3-7-5(6-4)8-2/h3H,2H2,1H3. The summed E-state index contributed by atoms with van der Waals surface area (Å²) >= 11 is 1.26. The zero-order chi connectivity index (χ0) is 5.98. The molecule has 0 amide bonds. The van der Waals surface area contributed by atoms with E-state index in [0.717, 1.165) is 5.69 Å². The van der Waals surface area contributed by atoms with Crippen LogP contribution in [-0.2, 0) is 0 Å². The first kappa shape index (κ1) is 5.69. The zero-order valence-corrected chi connectivity index (χ0v) is 5.36. The Morgan fingerprint density at radius 3 is 2.88 bits per heavy atom. The minimum absolute atomic E-state index is 0.627. The lowest BCUT2D eigenvalue weighted by Gasteiger charge is -1.77. The molecule has 1 aromatic heterocycles. The topological polar surface area (TPSA) is 26.0 Å². The van der Waals surface area contributed by atoms with Crippen LogP contribution in [0.3, 0.4) is 0 Å². The number of hydrogen-bond donors (Lipinski definition) is 0. The van der Waals surface area contributed by atoms with E-state index in [-0.39, 0.29) is 0 Å². The summed E-state index contributed by atoms with van der Waals surface area (Å²) in [6, 6.07) is 0. The van der Waals surface area contributed by atoms with Gasteiger partial charge in [-0.2, -0.15) is 0 Å². The molecule has 8 heavy (non-hydrogen) atoms. The number of oxazole rings is 1. The van der Waals surface area contributed by atoms with Gasteiger partial charge in [0.05, 0.1) is 5.69 Å². The number of rotatable bonds is 1. The van der Waals surface area contributed by atoms with Crippen molar-refractivity contribution in [3.8, 4) is 0 Å². The lowest BCUT2D eigenvalue weighted by molar-refractivity contribution is 0.455. The summed E-state index contributed by atoms with van der Waals surface area (Å²) in [5.74, 6) is 0. The molecular formula is C5H6NOS. The summed E-state index contributed by atoms with van der Waals surface area (Å²) in [5.41, 5.74) is 0.899. The van der Waals surface area contributed by atoms with Gasteiger partial charge in [-0.3, -0.25) is 0 Å². The summed E-state index contributed by atoms with van der Waals surface area (Å²) in [5, 5.41) is 0.627. The molecular weight excluding hydrogens is 122 g/mol. The molecule has 0 spiro atoms. The Morgan fingerprint density at radius 1 is 1.88 bits per heavy atom. The van der Waals surface area contributed by atoms with Crippen molar-refractivity contribution in [3.05, 3.63) is 18.2 Å². The summed E-state index contributed by atoms with van der Waals surface area (Å²) in [7, 11) is 0. The molecule has 3 heteroatoms. The first-order chi connectivity index (χ1) is 3.83. The van der Waals surface area contributed by atoms with Gasteiger partial charge in [0.25, 0.3) is 5.22 Å². The van der Waals surface area contributed by atoms with Crippen LogP contribution >= 0.6 is 11.8 Å². The lowest BCUT2D eigenvalue weighted by atomic mass is 10.6. The molecule has 0 aliphatic carbocycles. The highest BCUT2D eigenvalue weighted by molar-refractivity contribution is 8.00. The van der Waals surface area contributed by atoms with Gasteiger partial charge >= 0.3 is 0 Å². The molecule has 0 saturated heterocycles. The fourth-order valence-electron chi connectivity index (χ4n) is 0.399. The van der Waals surface area contributed by atoms with Crippen LogP contribution in [0, 0.1) is 13.2 Å². The van der Waals surface area contributed by atoms with E-state index in [4.69, 9.17) is 4.42 Å². The zero-order valence-electron chi connectivity index (χ0n) is 4.55.